The highest BCUT2D eigenvalue weighted by Crippen LogP contribution is 2.17. The normalized spacial score (nSPS) is 19.7. The van der Waals surface area contributed by atoms with Crippen molar-refractivity contribution in [3.05, 3.63) is 34.9 Å². The smallest absolute Gasteiger partial charge is 0.239 e. The Morgan fingerprint density at radius 3 is 2.58 bits per heavy atom. The summed E-state index contributed by atoms with van der Waals surface area (Å²) in [6.07, 6.45) is 1.89. The van der Waals surface area contributed by atoms with Gasteiger partial charge in [0.2, 0.25) is 11.8 Å². The molecule has 2 saturated heterocycles. The number of carbonyl (C=O) groups is 2. The molecule has 2 fully saturated rings. The largest absolute Gasteiger partial charge is 0.352 e. The molecule has 0 atom stereocenters. The molecule has 0 saturated carbocycles. The van der Waals surface area contributed by atoms with E-state index in [9.17, 15) is 9.59 Å². The summed E-state index contributed by atoms with van der Waals surface area (Å²) in [6, 6.07) is 8.16. The molecule has 0 radical (unpaired) electrons. The molecule has 24 heavy (non-hydrogen) atoms. The minimum Gasteiger partial charge on any atom is -0.352 e. The maximum Gasteiger partial charge on any atom is 0.239 e. The summed E-state index contributed by atoms with van der Waals surface area (Å²) < 4.78 is 0. The van der Waals surface area contributed by atoms with E-state index in [-0.39, 0.29) is 24.4 Å². The minimum absolute atomic E-state index is 0.0398. The molecule has 0 aromatic heterocycles. The Morgan fingerprint density at radius 1 is 1.25 bits per heavy atom. The number of halogens is 1. The second-order valence-corrected chi connectivity index (χ2v) is 7.71. The number of amides is 2. The summed E-state index contributed by atoms with van der Waals surface area (Å²) in [4.78, 5) is 27.6. The van der Waals surface area contributed by atoms with Crippen LogP contribution in [-0.2, 0) is 16.1 Å². The first-order valence-electron chi connectivity index (χ1n) is 8.22. The van der Waals surface area contributed by atoms with Crippen molar-refractivity contribution >= 4 is 35.2 Å². The standard InChI is InChI=1S/C17H22ClN3O2S/c18-14-3-1-13(2-4-14)9-20-7-5-15(6-8-20)19-16(22)10-21-12-24-11-17(21)23/h1-4,15H,5-12H2,(H,19,22). The van der Waals surface area contributed by atoms with Crippen LogP contribution in [-0.4, -0.2) is 58.9 Å². The van der Waals surface area contributed by atoms with Crippen LogP contribution in [0.25, 0.3) is 0 Å². The predicted molar refractivity (Wildman–Crippen MR) is 96.9 cm³/mol. The maximum atomic E-state index is 12.1. The zero-order valence-electron chi connectivity index (χ0n) is 13.5. The molecular weight excluding hydrogens is 346 g/mol. The van der Waals surface area contributed by atoms with Crippen molar-refractivity contribution in [2.24, 2.45) is 0 Å². The first-order chi connectivity index (χ1) is 11.6. The number of benzene rings is 1. The zero-order chi connectivity index (χ0) is 16.9. The summed E-state index contributed by atoms with van der Waals surface area (Å²) in [5.41, 5.74) is 1.26. The number of hydrogen-bond donors (Lipinski definition) is 1. The van der Waals surface area contributed by atoms with Gasteiger partial charge in [-0.05, 0) is 30.5 Å². The number of carbonyl (C=O) groups excluding carboxylic acids is 2. The summed E-state index contributed by atoms with van der Waals surface area (Å²) in [7, 11) is 0. The predicted octanol–water partition coefficient (Wildman–Crippen LogP) is 1.95. The first-order valence-corrected chi connectivity index (χ1v) is 9.75. The highest BCUT2D eigenvalue weighted by molar-refractivity contribution is 8.00. The minimum atomic E-state index is -0.0398. The van der Waals surface area contributed by atoms with Crippen molar-refractivity contribution in [3.63, 3.8) is 0 Å². The van der Waals surface area contributed by atoms with Gasteiger partial charge in [0.25, 0.3) is 0 Å². The molecule has 1 N–H and O–H groups in total. The monoisotopic (exact) mass is 367 g/mol. The van der Waals surface area contributed by atoms with E-state index in [1.54, 1.807) is 16.7 Å². The van der Waals surface area contributed by atoms with E-state index in [1.165, 1.54) is 5.56 Å². The van der Waals surface area contributed by atoms with Gasteiger partial charge in [-0.2, -0.15) is 0 Å². The van der Waals surface area contributed by atoms with Crippen molar-refractivity contribution in [2.75, 3.05) is 31.3 Å². The Morgan fingerprint density at radius 2 is 1.96 bits per heavy atom. The molecular formula is C17H22ClN3O2S. The molecule has 3 rings (SSSR count). The van der Waals surface area contributed by atoms with E-state index in [0.717, 1.165) is 37.5 Å². The van der Waals surface area contributed by atoms with Gasteiger partial charge in [-0.3, -0.25) is 14.5 Å². The summed E-state index contributed by atoms with van der Waals surface area (Å²) >= 11 is 7.47. The molecule has 0 spiro atoms. The fourth-order valence-corrected chi connectivity index (χ4v) is 4.10. The number of rotatable bonds is 5. The number of piperidine rings is 1. The average molecular weight is 368 g/mol. The van der Waals surface area contributed by atoms with Gasteiger partial charge in [0.05, 0.1) is 11.6 Å². The van der Waals surface area contributed by atoms with Crippen LogP contribution in [0.2, 0.25) is 5.02 Å². The Kier molecular flexibility index (Phi) is 6.03. The van der Waals surface area contributed by atoms with Crippen molar-refractivity contribution < 1.29 is 9.59 Å². The fraction of sp³-hybridized carbons (Fsp3) is 0.529. The van der Waals surface area contributed by atoms with Crippen molar-refractivity contribution in [1.29, 1.82) is 0 Å². The molecule has 2 aliphatic heterocycles. The lowest BCUT2D eigenvalue weighted by atomic mass is 10.0. The highest BCUT2D eigenvalue weighted by atomic mass is 35.5. The van der Waals surface area contributed by atoms with Crippen LogP contribution in [0.15, 0.2) is 24.3 Å². The first kappa shape index (κ1) is 17.6. The van der Waals surface area contributed by atoms with E-state index in [0.29, 0.717) is 11.6 Å². The lowest BCUT2D eigenvalue weighted by molar-refractivity contribution is -0.132. The van der Waals surface area contributed by atoms with Gasteiger partial charge in [-0.15, -0.1) is 11.8 Å². The third-order valence-corrected chi connectivity index (χ3v) is 5.63. The molecule has 0 aliphatic carbocycles. The number of likely N-dealkylation sites (tertiary alicyclic amines) is 1. The second-order valence-electron chi connectivity index (χ2n) is 6.31. The molecule has 2 amide bonds. The van der Waals surface area contributed by atoms with Gasteiger partial charge in [0.15, 0.2) is 0 Å². The molecule has 2 heterocycles. The molecule has 5 nitrogen and oxygen atoms in total. The van der Waals surface area contributed by atoms with Crippen LogP contribution >= 0.6 is 23.4 Å². The van der Waals surface area contributed by atoms with Crippen LogP contribution in [0.5, 0.6) is 0 Å². The molecule has 7 heteroatoms. The molecule has 0 bridgehead atoms. The highest BCUT2D eigenvalue weighted by Gasteiger charge is 2.25. The number of hydrogen-bond acceptors (Lipinski definition) is 4. The maximum absolute atomic E-state index is 12.1. The lowest BCUT2D eigenvalue weighted by Crippen LogP contribution is -2.47. The van der Waals surface area contributed by atoms with Crippen LogP contribution in [0.1, 0.15) is 18.4 Å². The Hall–Kier alpha value is -1.24. The van der Waals surface area contributed by atoms with E-state index in [1.807, 2.05) is 12.1 Å². The van der Waals surface area contributed by atoms with Gasteiger partial charge >= 0.3 is 0 Å². The molecule has 0 unspecified atom stereocenters. The summed E-state index contributed by atoms with van der Waals surface area (Å²) in [6.45, 7) is 3.03. The summed E-state index contributed by atoms with van der Waals surface area (Å²) in [5, 5.41) is 3.83. The number of thioether (sulfide) groups is 1. The van der Waals surface area contributed by atoms with E-state index >= 15 is 0 Å². The second kappa shape index (κ2) is 8.23. The molecule has 1 aromatic rings. The van der Waals surface area contributed by atoms with Crippen molar-refractivity contribution in [3.8, 4) is 0 Å². The van der Waals surface area contributed by atoms with Gasteiger partial charge in [-0.25, -0.2) is 0 Å². The van der Waals surface area contributed by atoms with E-state index < -0.39 is 0 Å². The van der Waals surface area contributed by atoms with Gasteiger partial charge in [0.1, 0.15) is 6.54 Å². The topological polar surface area (TPSA) is 52.7 Å². The number of nitrogens with zero attached hydrogens (tertiary/aromatic N) is 2. The third-order valence-electron chi connectivity index (χ3n) is 4.43. The Bertz CT molecular complexity index is 588. The van der Waals surface area contributed by atoms with Gasteiger partial charge in [-0.1, -0.05) is 23.7 Å². The van der Waals surface area contributed by atoms with Crippen molar-refractivity contribution in [2.45, 2.75) is 25.4 Å². The average Bonchev–Trinajstić information content (AvgIpc) is 2.96. The SMILES string of the molecule is O=C(CN1CSCC1=O)NC1CCN(Cc2ccc(Cl)cc2)CC1. The van der Waals surface area contributed by atoms with Crippen molar-refractivity contribution in [1.82, 2.24) is 15.1 Å². The summed E-state index contributed by atoms with van der Waals surface area (Å²) in [5.74, 6) is 1.15. The quantitative estimate of drug-likeness (QED) is 0.864. The van der Waals surface area contributed by atoms with Gasteiger partial charge < -0.3 is 10.2 Å². The fourth-order valence-electron chi connectivity index (χ4n) is 3.07. The van der Waals surface area contributed by atoms with Gasteiger partial charge in [0, 0.05) is 30.7 Å². The molecule has 1 aromatic carbocycles. The Balaban J connectivity index is 1.39. The van der Waals surface area contributed by atoms with Crippen LogP contribution in [0.3, 0.4) is 0 Å². The zero-order valence-corrected chi connectivity index (χ0v) is 15.1. The lowest BCUT2D eigenvalue weighted by Gasteiger charge is -2.32. The number of nitrogens with one attached hydrogen (secondary N) is 1. The van der Waals surface area contributed by atoms with Crippen LogP contribution in [0.4, 0.5) is 0 Å². The van der Waals surface area contributed by atoms with E-state index in [4.69, 9.17) is 11.6 Å². The Labute approximate surface area is 151 Å². The van der Waals surface area contributed by atoms with E-state index in [2.05, 4.69) is 22.3 Å². The van der Waals surface area contributed by atoms with Crippen LogP contribution < -0.4 is 5.32 Å². The third kappa shape index (κ3) is 4.88. The molecule has 2 aliphatic rings. The molecule has 130 valence electrons. The van der Waals surface area contributed by atoms with Crippen LogP contribution in [0, 0.1) is 0 Å².